The second kappa shape index (κ2) is 4.44. The molecule has 2 unspecified atom stereocenters. The second-order valence-electron chi connectivity index (χ2n) is 5.65. The molecule has 1 saturated carbocycles. The number of carbonyl (C=O) groups is 2. The van der Waals surface area contributed by atoms with Gasteiger partial charge in [0.25, 0.3) is 0 Å². The van der Waals surface area contributed by atoms with Crippen molar-refractivity contribution in [3.63, 3.8) is 0 Å². The summed E-state index contributed by atoms with van der Waals surface area (Å²) in [6.07, 6.45) is 0.921. The molecule has 1 rings (SSSR count). The lowest BCUT2D eigenvalue weighted by atomic mass is 9.86. The molecular formula is C12H21NO3. The van der Waals surface area contributed by atoms with Crippen LogP contribution in [0.1, 0.15) is 34.1 Å². The van der Waals surface area contributed by atoms with E-state index < -0.39 is 6.04 Å². The molecule has 1 amide bonds. The monoisotopic (exact) mass is 227 g/mol. The topological polar surface area (TPSA) is 55.4 Å². The summed E-state index contributed by atoms with van der Waals surface area (Å²) in [5.74, 6) is 0.111. The number of carbonyl (C=O) groups excluding carboxylic acids is 2. The Bertz CT molecular complexity index is 293. The first kappa shape index (κ1) is 13.0. The molecular weight excluding hydrogens is 206 g/mol. The van der Waals surface area contributed by atoms with E-state index in [9.17, 15) is 9.59 Å². The zero-order chi connectivity index (χ0) is 12.5. The van der Waals surface area contributed by atoms with Crippen molar-refractivity contribution >= 4 is 11.9 Å². The molecule has 92 valence electrons. The molecule has 0 aromatic rings. The van der Waals surface area contributed by atoms with Gasteiger partial charge in [-0.05, 0) is 17.8 Å². The predicted octanol–water partition coefficient (Wildman–Crippen LogP) is 1.35. The molecule has 0 aromatic carbocycles. The van der Waals surface area contributed by atoms with Gasteiger partial charge in [0, 0.05) is 5.92 Å². The summed E-state index contributed by atoms with van der Waals surface area (Å²) in [6, 6.07) is -0.571. The summed E-state index contributed by atoms with van der Waals surface area (Å²) >= 11 is 0. The van der Waals surface area contributed by atoms with Gasteiger partial charge in [-0.25, -0.2) is 4.79 Å². The number of ether oxygens (including phenoxy) is 1. The van der Waals surface area contributed by atoms with Crippen LogP contribution < -0.4 is 5.32 Å². The Kier molecular flexibility index (Phi) is 3.61. The van der Waals surface area contributed by atoms with Crippen LogP contribution in [0.15, 0.2) is 0 Å². The van der Waals surface area contributed by atoms with Crippen molar-refractivity contribution in [2.75, 3.05) is 7.11 Å². The predicted molar refractivity (Wildman–Crippen MR) is 60.7 cm³/mol. The Morgan fingerprint density at radius 2 is 1.88 bits per heavy atom. The summed E-state index contributed by atoms with van der Waals surface area (Å²) in [4.78, 5) is 23.4. The maximum absolute atomic E-state index is 11.8. The van der Waals surface area contributed by atoms with Crippen molar-refractivity contribution in [2.24, 2.45) is 17.3 Å². The first-order chi connectivity index (χ1) is 7.27. The van der Waals surface area contributed by atoms with Gasteiger partial charge >= 0.3 is 5.97 Å². The highest BCUT2D eigenvalue weighted by Gasteiger charge is 2.42. The van der Waals surface area contributed by atoms with E-state index in [-0.39, 0.29) is 23.2 Å². The fourth-order valence-corrected chi connectivity index (χ4v) is 1.68. The van der Waals surface area contributed by atoms with Gasteiger partial charge in [0.2, 0.25) is 5.91 Å². The molecule has 0 heterocycles. The third-order valence-corrected chi connectivity index (χ3v) is 3.04. The lowest BCUT2D eigenvalue weighted by Gasteiger charge is -2.29. The van der Waals surface area contributed by atoms with E-state index in [0.29, 0.717) is 5.92 Å². The fourth-order valence-electron chi connectivity index (χ4n) is 1.68. The van der Waals surface area contributed by atoms with E-state index in [2.05, 4.69) is 5.32 Å². The van der Waals surface area contributed by atoms with E-state index in [1.54, 1.807) is 0 Å². The smallest absolute Gasteiger partial charge is 0.328 e. The summed E-state index contributed by atoms with van der Waals surface area (Å²) in [5, 5.41) is 2.79. The second-order valence-corrected chi connectivity index (χ2v) is 5.65. The molecule has 16 heavy (non-hydrogen) atoms. The minimum absolute atomic E-state index is 0.0298. The first-order valence-electron chi connectivity index (χ1n) is 5.65. The molecule has 3 atom stereocenters. The van der Waals surface area contributed by atoms with Gasteiger partial charge in [0.15, 0.2) is 0 Å². The zero-order valence-electron chi connectivity index (χ0n) is 10.7. The Morgan fingerprint density at radius 3 is 2.19 bits per heavy atom. The van der Waals surface area contributed by atoms with Crippen molar-refractivity contribution in [3.8, 4) is 0 Å². The minimum atomic E-state index is -0.571. The summed E-state index contributed by atoms with van der Waals surface area (Å²) in [7, 11) is 1.34. The van der Waals surface area contributed by atoms with Crippen LogP contribution in [0.25, 0.3) is 0 Å². The summed E-state index contributed by atoms with van der Waals surface area (Å²) in [6.45, 7) is 7.76. The lowest BCUT2D eigenvalue weighted by Crippen LogP contribution is -2.50. The Balaban J connectivity index is 2.64. The van der Waals surface area contributed by atoms with E-state index >= 15 is 0 Å². The van der Waals surface area contributed by atoms with Crippen LogP contribution in [-0.4, -0.2) is 25.0 Å². The van der Waals surface area contributed by atoms with Gasteiger partial charge in [-0.2, -0.15) is 0 Å². The third kappa shape index (κ3) is 2.97. The highest BCUT2D eigenvalue weighted by molar-refractivity contribution is 5.87. The minimum Gasteiger partial charge on any atom is -0.467 e. The van der Waals surface area contributed by atoms with Crippen molar-refractivity contribution in [2.45, 2.75) is 40.2 Å². The molecule has 0 bridgehead atoms. The van der Waals surface area contributed by atoms with Crippen LogP contribution in [0, 0.1) is 17.3 Å². The number of nitrogens with one attached hydrogen (secondary N) is 1. The Morgan fingerprint density at radius 1 is 1.38 bits per heavy atom. The third-order valence-electron chi connectivity index (χ3n) is 3.04. The maximum atomic E-state index is 11.8. The lowest BCUT2D eigenvalue weighted by molar-refractivity contribution is -0.148. The van der Waals surface area contributed by atoms with E-state index in [0.717, 1.165) is 6.42 Å². The van der Waals surface area contributed by atoms with E-state index in [1.165, 1.54) is 7.11 Å². The molecule has 1 N–H and O–H groups in total. The van der Waals surface area contributed by atoms with Gasteiger partial charge in [-0.1, -0.05) is 27.7 Å². The van der Waals surface area contributed by atoms with Crippen molar-refractivity contribution in [1.29, 1.82) is 0 Å². The van der Waals surface area contributed by atoms with Gasteiger partial charge in [-0.15, -0.1) is 0 Å². The fraction of sp³-hybridized carbons (Fsp3) is 0.833. The van der Waals surface area contributed by atoms with Gasteiger partial charge in [0.05, 0.1) is 7.11 Å². The van der Waals surface area contributed by atoms with Crippen LogP contribution >= 0.6 is 0 Å². The normalized spacial score (nSPS) is 25.8. The summed E-state index contributed by atoms with van der Waals surface area (Å²) in [5.41, 5.74) is -0.332. The number of esters is 1. The molecule has 0 saturated heterocycles. The van der Waals surface area contributed by atoms with E-state index in [1.807, 2.05) is 27.7 Å². The molecule has 1 aliphatic carbocycles. The van der Waals surface area contributed by atoms with Crippen molar-refractivity contribution < 1.29 is 14.3 Å². The molecule has 0 radical (unpaired) electrons. The Labute approximate surface area is 96.7 Å². The molecule has 0 spiro atoms. The molecule has 4 nitrogen and oxygen atoms in total. The summed E-state index contributed by atoms with van der Waals surface area (Å²) < 4.78 is 4.71. The zero-order valence-corrected chi connectivity index (χ0v) is 10.7. The highest BCUT2D eigenvalue weighted by Crippen LogP contribution is 2.38. The number of rotatable bonds is 3. The molecule has 0 aromatic heterocycles. The molecule has 1 aliphatic rings. The maximum Gasteiger partial charge on any atom is 0.328 e. The highest BCUT2D eigenvalue weighted by atomic mass is 16.5. The SMILES string of the molecule is COC(=O)[C@@H](NC(=O)C1CC1C)C(C)(C)C. The van der Waals surface area contributed by atoms with Crippen LogP contribution in [-0.2, 0) is 14.3 Å². The van der Waals surface area contributed by atoms with Crippen LogP contribution in [0.5, 0.6) is 0 Å². The largest absolute Gasteiger partial charge is 0.467 e. The van der Waals surface area contributed by atoms with Crippen molar-refractivity contribution in [3.05, 3.63) is 0 Å². The standard InChI is InChI=1S/C12H21NO3/c1-7-6-8(7)10(14)13-9(11(15)16-5)12(2,3)4/h7-9H,6H2,1-5H3,(H,13,14)/t7?,8?,9-/m1/s1. The van der Waals surface area contributed by atoms with Gasteiger partial charge in [-0.3, -0.25) is 4.79 Å². The molecule has 0 aliphatic heterocycles. The molecule has 4 heteroatoms. The van der Waals surface area contributed by atoms with E-state index in [4.69, 9.17) is 4.74 Å². The Hall–Kier alpha value is -1.06. The number of hydrogen-bond donors (Lipinski definition) is 1. The van der Waals surface area contributed by atoms with Crippen molar-refractivity contribution in [1.82, 2.24) is 5.32 Å². The molecule has 1 fully saturated rings. The van der Waals surface area contributed by atoms with Gasteiger partial charge in [0.1, 0.15) is 6.04 Å². The van der Waals surface area contributed by atoms with Crippen LogP contribution in [0.4, 0.5) is 0 Å². The number of amides is 1. The average Bonchev–Trinajstić information content (AvgIpc) is 2.88. The van der Waals surface area contributed by atoms with Crippen LogP contribution in [0.3, 0.4) is 0 Å². The average molecular weight is 227 g/mol. The quantitative estimate of drug-likeness (QED) is 0.740. The first-order valence-corrected chi connectivity index (χ1v) is 5.65. The number of methoxy groups -OCH3 is 1. The number of hydrogen-bond acceptors (Lipinski definition) is 3. The van der Waals surface area contributed by atoms with Crippen LogP contribution in [0.2, 0.25) is 0 Å². The van der Waals surface area contributed by atoms with Gasteiger partial charge < -0.3 is 10.1 Å².